The van der Waals surface area contributed by atoms with Crippen LogP contribution in [0, 0.1) is 5.92 Å². The zero-order valence-electron chi connectivity index (χ0n) is 12.2. The van der Waals surface area contributed by atoms with Crippen LogP contribution >= 0.6 is 11.6 Å². The average Bonchev–Trinajstić information content (AvgIpc) is 3.30. The quantitative estimate of drug-likeness (QED) is 0.865. The van der Waals surface area contributed by atoms with Gasteiger partial charge in [0.1, 0.15) is 0 Å². The van der Waals surface area contributed by atoms with E-state index in [1.54, 1.807) is 0 Å². The van der Waals surface area contributed by atoms with E-state index in [-0.39, 0.29) is 0 Å². The maximum absolute atomic E-state index is 5.92. The first kappa shape index (κ1) is 14.4. The Bertz CT molecular complexity index is 406. The summed E-state index contributed by atoms with van der Waals surface area (Å²) in [6.45, 7) is 4.93. The number of halogens is 1. The third-order valence-corrected chi connectivity index (χ3v) is 4.86. The topological polar surface area (TPSA) is 15.3 Å². The van der Waals surface area contributed by atoms with E-state index in [4.69, 9.17) is 11.6 Å². The molecule has 2 fully saturated rings. The summed E-state index contributed by atoms with van der Waals surface area (Å²) in [5.41, 5.74) is 1.39. The largest absolute Gasteiger partial charge is 0.314 e. The summed E-state index contributed by atoms with van der Waals surface area (Å²) < 4.78 is 0. The van der Waals surface area contributed by atoms with Gasteiger partial charge in [-0.3, -0.25) is 0 Å². The van der Waals surface area contributed by atoms with Crippen LogP contribution in [0.15, 0.2) is 24.3 Å². The van der Waals surface area contributed by atoms with Gasteiger partial charge in [-0.25, -0.2) is 0 Å². The van der Waals surface area contributed by atoms with Gasteiger partial charge in [-0.15, -0.1) is 0 Å². The smallest absolute Gasteiger partial charge is 0.0406 e. The number of benzene rings is 1. The van der Waals surface area contributed by atoms with E-state index in [0.29, 0.717) is 0 Å². The Morgan fingerprint density at radius 2 is 1.75 bits per heavy atom. The molecule has 3 heteroatoms. The second-order valence-electron chi connectivity index (χ2n) is 6.34. The first-order chi connectivity index (χ1) is 9.79. The standard InChI is InChI=1S/C17H25ClN2/c18-16-5-3-14(4-6-16)7-10-20-11-8-17(9-12-20)19-13-15-1-2-15/h3-6,15,17,19H,1-2,7-13H2. The molecule has 2 aliphatic rings. The van der Waals surface area contributed by atoms with Crippen LogP contribution in [0.4, 0.5) is 0 Å². The Morgan fingerprint density at radius 3 is 2.40 bits per heavy atom. The monoisotopic (exact) mass is 292 g/mol. The highest BCUT2D eigenvalue weighted by Gasteiger charge is 2.24. The van der Waals surface area contributed by atoms with Crippen LogP contribution in [0.5, 0.6) is 0 Å². The predicted octanol–water partition coefficient (Wildman–Crippen LogP) is 3.35. The minimum absolute atomic E-state index is 0.766. The van der Waals surface area contributed by atoms with Crippen molar-refractivity contribution in [2.45, 2.75) is 38.1 Å². The number of nitrogens with zero attached hydrogens (tertiary/aromatic N) is 1. The van der Waals surface area contributed by atoms with Crippen molar-refractivity contribution in [1.29, 1.82) is 0 Å². The number of piperidine rings is 1. The summed E-state index contributed by atoms with van der Waals surface area (Å²) in [6, 6.07) is 9.04. The second kappa shape index (κ2) is 6.93. The molecule has 0 radical (unpaired) electrons. The highest BCUT2D eigenvalue weighted by atomic mass is 35.5. The molecular formula is C17H25ClN2. The van der Waals surface area contributed by atoms with Crippen molar-refractivity contribution >= 4 is 11.6 Å². The van der Waals surface area contributed by atoms with Crippen molar-refractivity contribution in [3.8, 4) is 0 Å². The molecule has 3 rings (SSSR count). The van der Waals surface area contributed by atoms with Crippen molar-refractivity contribution in [2.75, 3.05) is 26.2 Å². The second-order valence-corrected chi connectivity index (χ2v) is 6.78. The van der Waals surface area contributed by atoms with Crippen molar-refractivity contribution < 1.29 is 0 Å². The van der Waals surface area contributed by atoms with Crippen LogP contribution in [0.2, 0.25) is 5.02 Å². The predicted molar refractivity (Wildman–Crippen MR) is 85.3 cm³/mol. The molecule has 0 bridgehead atoms. The van der Waals surface area contributed by atoms with Gasteiger partial charge in [-0.05, 0) is 75.4 Å². The van der Waals surface area contributed by atoms with Crippen molar-refractivity contribution in [2.24, 2.45) is 5.92 Å². The SMILES string of the molecule is Clc1ccc(CCN2CCC(NCC3CC3)CC2)cc1. The molecule has 1 N–H and O–H groups in total. The van der Waals surface area contributed by atoms with Crippen molar-refractivity contribution in [3.05, 3.63) is 34.9 Å². The third kappa shape index (κ3) is 4.47. The van der Waals surface area contributed by atoms with Crippen LogP contribution < -0.4 is 5.32 Å². The van der Waals surface area contributed by atoms with Gasteiger partial charge < -0.3 is 10.2 Å². The fourth-order valence-corrected chi connectivity index (χ4v) is 3.08. The highest BCUT2D eigenvalue weighted by molar-refractivity contribution is 6.30. The van der Waals surface area contributed by atoms with Crippen LogP contribution in [0.3, 0.4) is 0 Å². The van der Waals surface area contributed by atoms with Crippen LogP contribution in [0.1, 0.15) is 31.2 Å². The Balaban J connectivity index is 1.34. The zero-order valence-corrected chi connectivity index (χ0v) is 12.9. The summed E-state index contributed by atoms with van der Waals surface area (Å²) in [4.78, 5) is 2.60. The summed E-state index contributed by atoms with van der Waals surface area (Å²) in [7, 11) is 0. The summed E-state index contributed by atoms with van der Waals surface area (Å²) in [5, 5.41) is 4.57. The normalized spacial score (nSPS) is 21.2. The third-order valence-electron chi connectivity index (χ3n) is 4.61. The number of likely N-dealkylation sites (tertiary alicyclic amines) is 1. The molecule has 1 aromatic carbocycles. The van der Waals surface area contributed by atoms with Crippen LogP contribution in [-0.4, -0.2) is 37.1 Å². The lowest BCUT2D eigenvalue weighted by molar-refractivity contribution is 0.199. The van der Waals surface area contributed by atoms with Gasteiger partial charge >= 0.3 is 0 Å². The molecule has 0 amide bonds. The molecule has 0 spiro atoms. The molecule has 1 aliphatic heterocycles. The highest BCUT2D eigenvalue weighted by Crippen LogP contribution is 2.28. The molecule has 0 aromatic heterocycles. The molecule has 0 unspecified atom stereocenters. The Hall–Kier alpha value is -0.570. The summed E-state index contributed by atoms with van der Waals surface area (Å²) in [5.74, 6) is 0.998. The lowest BCUT2D eigenvalue weighted by Gasteiger charge is -2.32. The van der Waals surface area contributed by atoms with Gasteiger partial charge in [0.05, 0.1) is 0 Å². The Morgan fingerprint density at radius 1 is 1.05 bits per heavy atom. The lowest BCUT2D eigenvalue weighted by atomic mass is 10.0. The molecule has 1 aliphatic carbocycles. The fraction of sp³-hybridized carbons (Fsp3) is 0.647. The first-order valence-corrected chi connectivity index (χ1v) is 8.37. The molecule has 0 atom stereocenters. The van der Waals surface area contributed by atoms with Gasteiger partial charge in [0, 0.05) is 17.6 Å². The maximum Gasteiger partial charge on any atom is 0.0406 e. The van der Waals surface area contributed by atoms with E-state index in [2.05, 4.69) is 22.3 Å². The molecule has 1 saturated heterocycles. The number of rotatable bonds is 6. The Labute approximate surface area is 127 Å². The maximum atomic E-state index is 5.92. The zero-order chi connectivity index (χ0) is 13.8. The lowest BCUT2D eigenvalue weighted by Crippen LogP contribution is -2.43. The fourth-order valence-electron chi connectivity index (χ4n) is 2.95. The molecule has 1 heterocycles. The number of nitrogens with one attached hydrogen (secondary N) is 1. The number of hydrogen-bond acceptors (Lipinski definition) is 2. The molecule has 110 valence electrons. The molecule has 2 nitrogen and oxygen atoms in total. The minimum atomic E-state index is 0.766. The average molecular weight is 293 g/mol. The van der Waals surface area contributed by atoms with Gasteiger partial charge in [-0.2, -0.15) is 0 Å². The molecular weight excluding hydrogens is 268 g/mol. The van der Waals surface area contributed by atoms with Gasteiger partial charge in [0.25, 0.3) is 0 Å². The van der Waals surface area contributed by atoms with Gasteiger partial charge in [0.15, 0.2) is 0 Å². The summed E-state index contributed by atoms with van der Waals surface area (Å²) in [6.07, 6.45) is 6.66. The minimum Gasteiger partial charge on any atom is -0.314 e. The van der Waals surface area contributed by atoms with Crippen LogP contribution in [0.25, 0.3) is 0 Å². The van der Waals surface area contributed by atoms with Crippen LogP contribution in [-0.2, 0) is 6.42 Å². The van der Waals surface area contributed by atoms with E-state index in [1.165, 1.54) is 57.4 Å². The van der Waals surface area contributed by atoms with E-state index in [0.717, 1.165) is 23.4 Å². The van der Waals surface area contributed by atoms with E-state index in [1.807, 2.05) is 12.1 Å². The van der Waals surface area contributed by atoms with E-state index >= 15 is 0 Å². The van der Waals surface area contributed by atoms with Crippen molar-refractivity contribution in [3.63, 3.8) is 0 Å². The molecule has 1 aromatic rings. The van der Waals surface area contributed by atoms with Crippen molar-refractivity contribution in [1.82, 2.24) is 10.2 Å². The first-order valence-electron chi connectivity index (χ1n) is 8.00. The Kier molecular flexibility index (Phi) is 4.98. The van der Waals surface area contributed by atoms with E-state index in [9.17, 15) is 0 Å². The van der Waals surface area contributed by atoms with Gasteiger partial charge in [-0.1, -0.05) is 23.7 Å². The van der Waals surface area contributed by atoms with Gasteiger partial charge in [0.2, 0.25) is 0 Å². The molecule has 20 heavy (non-hydrogen) atoms. The number of hydrogen-bond donors (Lipinski definition) is 1. The van der Waals surface area contributed by atoms with E-state index < -0.39 is 0 Å². The summed E-state index contributed by atoms with van der Waals surface area (Å²) >= 11 is 5.92. The molecule has 1 saturated carbocycles.